The fourth-order valence-corrected chi connectivity index (χ4v) is 1.79. The first-order chi connectivity index (χ1) is 7.74. The van der Waals surface area contributed by atoms with Crippen molar-refractivity contribution in [2.75, 3.05) is 18.3 Å². The Morgan fingerprint density at radius 3 is 2.88 bits per heavy atom. The molecule has 0 aliphatic carbocycles. The Hall–Kier alpha value is -1.39. The Kier molecular flexibility index (Phi) is 3.22. The minimum atomic E-state index is -0.0300. The van der Waals surface area contributed by atoms with Crippen LogP contribution in [0.2, 0.25) is 0 Å². The summed E-state index contributed by atoms with van der Waals surface area (Å²) >= 11 is 0. The number of amides is 1. The number of rotatable bonds is 3. The molecule has 1 fully saturated rings. The molecule has 86 valence electrons. The van der Waals surface area contributed by atoms with E-state index in [0.717, 1.165) is 11.3 Å². The van der Waals surface area contributed by atoms with E-state index in [2.05, 4.69) is 0 Å². The highest BCUT2D eigenvalue weighted by Crippen LogP contribution is 2.29. The minimum Gasteiger partial charge on any atom is -0.396 e. The third-order valence-corrected chi connectivity index (χ3v) is 2.72. The molecule has 1 N–H and O–H groups in total. The van der Waals surface area contributed by atoms with Crippen molar-refractivity contribution >= 4 is 11.6 Å². The normalized spacial score (nSPS) is 17.9. The summed E-state index contributed by atoms with van der Waals surface area (Å²) in [5, 5.41) is 10.5. The van der Waals surface area contributed by atoms with Gasteiger partial charge in [-0.1, -0.05) is 25.1 Å². The second kappa shape index (κ2) is 4.63. The highest BCUT2D eigenvalue weighted by atomic mass is 16.7. The first-order valence-corrected chi connectivity index (χ1v) is 5.39. The Morgan fingerprint density at radius 2 is 2.25 bits per heavy atom. The van der Waals surface area contributed by atoms with Crippen LogP contribution in [0.15, 0.2) is 24.3 Å². The van der Waals surface area contributed by atoms with Crippen molar-refractivity contribution in [3.05, 3.63) is 29.8 Å². The fourth-order valence-electron chi connectivity index (χ4n) is 1.79. The van der Waals surface area contributed by atoms with E-state index >= 15 is 0 Å². The summed E-state index contributed by atoms with van der Waals surface area (Å²) in [6.45, 7) is 2.40. The number of carbonyl (C=O) groups excluding carboxylic acids is 1. The molecule has 0 aromatic heterocycles. The number of para-hydroxylation sites is 1. The second-order valence-corrected chi connectivity index (χ2v) is 3.91. The molecular weight excluding hydrogens is 206 g/mol. The van der Waals surface area contributed by atoms with Gasteiger partial charge >= 0.3 is 0 Å². The summed E-state index contributed by atoms with van der Waals surface area (Å²) in [6.07, 6.45) is 0.418. The van der Waals surface area contributed by atoms with Gasteiger partial charge in [-0.15, -0.1) is 0 Å². The lowest BCUT2D eigenvalue weighted by Gasteiger charge is -2.20. The zero-order chi connectivity index (χ0) is 11.5. The van der Waals surface area contributed by atoms with Gasteiger partial charge in [0.15, 0.2) is 0 Å². The minimum absolute atomic E-state index is 0.00630. The predicted molar refractivity (Wildman–Crippen MR) is 60.0 cm³/mol. The number of aliphatic hydroxyl groups is 1. The van der Waals surface area contributed by atoms with Crippen molar-refractivity contribution in [3.63, 3.8) is 0 Å². The molecule has 1 amide bonds. The van der Waals surface area contributed by atoms with E-state index in [4.69, 9.17) is 4.84 Å². The second-order valence-electron chi connectivity index (χ2n) is 3.91. The lowest BCUT2D eigenvalue weighted by atomic mass is 10.00. The third-order valence-electron chi connectivity index (χ3n) is 2.72. The summed E-state index contributed by atoms with van der Waals surface area (Å²) in [5.41, 5.74) is 1.67. The first kappa shape index (κ1) is 11.1. The molecule has 1 aliphatic heterocycles. The topological polar surface area (TPSA) is 49.8 Å². The zero-order valence-corrected chi connectivity index (χ0v) is 9.22. The van der Waals surface area contributed by atoms with Crippen LogP contribution in [-0.2, 0) is 9.63 Å². The molecule has 4 heteroatoms. The van der Waals surface area contributed by atoms with Gasteiger partial charge < -0.3 is 5.11 Å². The van der Waals surface area contributed by atoms with Crippen LogP contribution in [-0.4, -0.2) is 24.2 Å². The molecule has 1 heterocycles. The van der Waals surface area contributed by atoms with Gasteiger partial charge in [0.05, 0.1) is 18.7 Å². The molecule has 1 saturated heterocycles. The van der Waals surface area contributed by atoms with Crippen molar-refractivity contribution in [2.24, 2.45) is 0 Å². The molecule has 0 saturated carbocycles. The van der Waals surface area contributed by atoms with Crippen molar-refractivity contribution in [1.82, 2.24) is 0 Å². The number of nitrogens with zero attached hydrogens (tertiary/aromatic N) is 1. The fraction of sp³-hybridized carbons (Fsp3) is 0.417. The smallest absolute Gasteiger partial charge is 0.253 e. The van der Waals surface area contributed by atoms with Crippen LogP contribution in [0.4, 0.5) is 5.69 Å². The molecule has 16 heavy (non-hydrogen) atoms. The highest BCUT2D eigenvalue weighted by Gasteiger charge is 2.26. The van der Waals surface area contributed by atoms with Crippen LogP contribution >= 0.6 is 0 Å². The predicted octanol–water partition coefficient (Wildman–Crippen LogP) is 1.45. The molecule has 1 atom stereocenters. The van der Waals surface area contributed by atoms with E-state index in [1.54, 1.807) is 0 Å². The van der Waals surface area contributed by atoms with Crippen LogP contribution in [0, 0.1) is 0 Å². The number of aliphatic hydroxyl groups excluding tert-OH is 1. The van der Waals surface area contributed by atoms with E-state index in [9.17, 15) is 9.90 Å². The molecule has 0 bridgehead atoms. The lowest BCUT2D eigenvalue weighted by Crippen LogP contribution is -2.24. The summed E-state index contributed by atoms with van der Waals surface area (Å²) in [5.74, 6) is -0.0363. The van der Waals surface area contributed by atoms with Crippen LogP contribution < -0.4 is 5.06 Å². The molecule has 1 aromatic carbocycles. The van der Waals surface area contributed by atoms with E-state index in [1.165, 1.54) is 5.06 Å². The van der Waals surface area contributed by atoms with Gasteiger partial charge in [0.25, 0.3) is 5.91 Å². The summed E-state index contributed by atoms with van der Waals surface area (Å²) in [4.78, 5) is 16.9. The summed E-state index contributed by atoms with van der Waals surface area (Å²) in [7, 11) is 0. The van der Waals surface area contributed by atoms with Crippen LogP contribution in [0.3, 0.4) is 0 Å². The number of carbonyl (C=O) groups is 1. The molecule has 1 aromatic rings. The molecule has 1 aliphatic rings. The van der Waals surface area contributed by atoms with Crippen LogP contribution in [0.25, 0.3) is 0 Å². The van der Waals surface area contributed by atoms with E-state index in [1.807, 2.05) is 31.2 Å². The third kappa shape index (κ3) is 1.94. The van der Waals surface area contributed by atoms with Crippen molar-refractivity contribution in [2.45, 2.75) is 19.3 Å². The van der Waals surface area contributed by atoms with Gasteiger partial charge in [-0.2, -0.15) is 5.06 Å². The van der Waals surface area contributed by atoms with Gasteiger partial charge in [0.1, 0.15) is 0 Å². The van der Waals surface area contributed by atoms with Crippen LogP contribution in [0.5, 0.6) is 0 Å². The van der Waals surface area contributed by atoms with Gasteiger partial charge in [0, 0.05) is 12.5 Å². The number of hydrogen-bond donors (Lipinski definition) is 1. The number of anilines is 1. The Bertz CT molecular complexity index is 392. The zero-order valence-electron chi connectivity index (χ0n) is 9.22. The average molecular weight is 221 g/mol. The van der Waals surface area contributed by atoms with Gasteiger partial charge in [-0.3, -0.25) is 9.63 Å². The maximum absolute atomic E-state index is 11.6. The quantitative estimate of drug-likeness (QED) is 0.840. The monoisotopic (exact) mass is 221 g/mol. The van der Waals surface area contributed by atoms with E-state index in [-0.39, 0.29) is 18.4 Å². The molecular formula is C12H15NO3. The van der Waals surface area contributed by atoms with Gasteiger partial charge in [-0.25, -0.2) is 0 Å². The van der Waals surface area contributed by atoms with Crippen molar-refractivity contribution in [1.29, 1.82) is 0 Å². The van der Waals surface area contributed by atoms with E-state index < -0.39 is 0 Å². The van der Waals surface area contributed by atoms with Gasteiger partial charge in [0.2, 0.25) is 0 Å². The molecule has 2 rings (SSSR count). The highest BCUT2D eigenvalue weighted by molar-refractivity contribution is 5.93. The Labute approximate surface area is 94.4 Å². The Morgan fingerprint density at radius 1 is 1.50 bits per heavy atom. The van der Waals surface area contributed by atoms with E-state index in [0.29, 0.717) is 13.0 Å². The molecule has 0 spiro atoms. The number of hydrogen-bond acceptors (Lipinski definition) is 3. The molecule has 1 unspecified atom stereocenters. The maximum atomic E-state index is 11.6. The Balaban J connectivity index is 2.36. The maximum Gasteiger partial charge on any atom is 0.253 e. The standard InChI is InChI=1S/C12H15NO3/c1-9(8-14)10-4-2-3-5-11(10)13-12(15)6-7-16-13/h2-5,9,14H,6-8H2,1H3. The van der Waals surface area contributed by atoms with Crippen molar-refractivity contribution < 1.29 is 14.7 Å². The molecule has 0 radical (unpaired) electrons. The number of benzene rings is 1. The van der Waals surface area contributed by atoms with Gasteiger partial charge in [-0.05, 0) is 11.6 Å². The SMILES string of the molecule is CC(CO)c1ccccc1N1OCCC1=O. The largest absolute Gasteiger partial charge is 0.396 e. The lowest BCUT2D eigenvalue weighted by molar-refractivity contribution is -0.119. The van der Waals surface area contributed by atoms with Crippen LogP contribution in [0.1, 0.15) is 24.8 Å². The number of hydroxylamine groups is 1. The van der Waals surface area contributed by atoms with Crippen molar-refractivity contribution in [3.8, 4) is 0 Å². The summed E-state index contributed by atoms with van der Waals surface area (Å²) in [6, 6.07) is 7.50. The first-order valence-electron chi connectivity index (χ1n) is 5.39. The average Bonchev–Trinajstić information content (AvgIpc) is 2.74. The molecule has 4 nitrogen and oxygen atoms in total. The summed E-state index contributed by atoms with van der Waals surface area (Å²) < 4.78 is 0.